The number of hydrogen-bond acceptors (Lipinski definition) is 3. The predicted molar refractivity (Wildman–Crippen MR) is 89.5 cm³/mol. The van der Waals surface area contributed by atoms with E-state index in [9.17, 15) is 9.59 Å². The third-order valence-corrected chi connectivity index (χ3v) is 4.23. The van der Waals surface area contributed by atoms with Crippen LogP contribution in [-0.4, -0.2) is 57.6 Å². The maximum atomic E-state index is 12.9. The van der Waals surface area contributed by atoms with Crippen molar-refractivity contribution in [3.8, 4) is 0 Å². The summed E-state index contributed by atoms with van der Waals surface area (Å²) in [5.41, 5.74) is 1.51. The normalized spacial score (nSPS) is 16.1. The minimum absolute atomic E-state index is 0.0207. The van der Waals surface area contributed by atoms with Gasteiger partial charge in [-0.1, -0.05) is 13.8 Å². The molecular weight excluding hydrogens is 292 g/mol. The largest absolute Gasteiger partial charge is 0.339 e. The maximum absolute atomic E-state index is 12.9. The Balaban J connectivity index is 2.24. The summed E-state index contributed by atoms with van der Waals surface area (Å²) < 4.78 is 1.96. The molecule has 0 unspecified atom stereocenters. The molecule has 0 saturated carbocycles. The van der Waals surface area contributed by atoms with E-state index in [1.807, 2.05) is 9.58 Å². The molecule has 1 aliphatic rings. The van der Waals surface area contributed by atoms with Crippen molar-refractivity contribution in [2.45, 2.75) is 53.0 Å². The third-order valence-electron chi connectivity index (χ3n) is 4.23. The van der Waals surface area contributed by atoms with Gasteiger partial charge in [0.15, 0.2) is 0 Å². The highest BCUT2D eigenvalue weighted by molar-refractivity contribution is 5.95. The molecule has 128 valence electrons. The Morgan fingerprint density at radius 1 is 1.09 bits per heavy atom. The summed E-state index contributed by atoms with van der Waals surface area (Å²) >= 11 is 0. The van der Waals surface area contributed by atoms with Gasteiger partial charge in [0.1, 0.15) is 0 Å². The SMILES string of the molecule is CC(=O)N1CCN(C(=O)c2cnn(C(C)(C)C)c2C(C)C)CC1. The van der Waals surface area contributed by atoms with E-state index < -0.39 is 0 Å². The molecule has 0 aromatic carbocycles. The number of carbonyl (C=O) groups is 2. The molecular formula is C17H28N4O2. The molecule has 1 saturated heterocycles. The summed E-state index contributed by atoms with van der Waals surface area (Å²) in [6.07, 6.45) is 1.69. The minimum atomic E-state index is -0.161. The van der Waals surface area contributed by atoms with Crippen LogP contribution in [0.25, 0.3) is 0 Å². The van der Waals surface area contributed by atoms with Crippen molar-refractivity contribution in [2.75, 3.05) is 26.2 Å². The lowest BCUT2D eigenvalue weighted by molar-refractivity contribution is -0.130. The molecule has 0 aliphatic carbocycles. The lowest BCUT2D eigenvalue weighted by Crippen LogP contribution is -2.50. The molecule has 6 nitrogen and oxygen atoms in total. The molecule has 0 atom stereocenters. The minimum Gasteiger partial charge on any atom is -0.339 e. The standard InChI is InChI=1S/C17H28N4O2/c1-12(2)15-14(11-18-21(15)17(4,5)6)16(23)20-9-7-19(8-10-20)13(3)22/h11-12H,7-10H2,1-6H3. The summed E-state index contributed by atoms with van der Waals surface area (Å²) in [6, 6.07) is 0. The van der Waals surface area contributed by atoms with E-state index in [0.717, 1.165) is 5.69 Å². The van der Waals surface area contributed by atoms with E-state index in [0.29, 0.717) is 31.7 Å². The van der Waals surface area contributed by atoms with Crippen molar-refractivity contribution in [3.05, 3.63) is 17.5 Å². The number of carbonyl (C=O) groups excluding carboxylic acids is 2. The molecule has 1 aromatic rings. The summed E-state index contributed by atoms with van der Waals surface area (Å²) in [4.78, 5) is 27.9. The Morgan fingerprint density at radius 3 is 2.04 bits per heavy atom. The monoisotopic (exact) mass is 320 g/mol. The van der Waals surface area contributed by atoms with Crippen LogP contribution in [0.4, 0.5) is 0 Å². The molecule has 0 bridgehead atoms. The van der Waals surface area contributed by atoms with E-state index in [1.54, 1.807) is 18.0 Å². The highest BCUT2D eigenvalue weighted by atomic mass is 16.2. The number of hydrogen-bond donors (Lipinski definition) is 0. The van der Waals surface area contributed by atoms with Crippen LogP contribution in [0.15, 0.2) is 6.20 Å². The number of piperazine rings is 1. The Kier molecular flexibility index (Phi) is 4.82. The van der Waals surface area contributed by atoms with Gasteiger partial charge >= 0.3 is 0 Å². The Hall–Kier alpha value is -1.85. The Morgan fingerprint density at radius 2 is 1.61 bits per heavy atom. The first-order chi connectivity index (χ1) is 10.6. The van der Waals surface area contributed by atoms with Crippen LogP contribution >= 0.6 is 0 Å². The average molecular weight is 320 g/mol. The van der Waals surface area contributed by atoms with E-state index in [4.69, 9.17) is 0 Å². The van der Waals surface area contributed by atoms with Gasteiger partial charge in [-0.3, -0.25) is 14.3 Å². The number of nitrogens with zero attached hydrogens (tertiary/aromatic N) is 4. The zero-order chi connectivity index (χ0) is 17.4. The summed E-state index contributed by atoms with van der Waals surface area (Å²) in [6.45, 7) is 14.4. The lowest BCUT2D eigenvalue weighted by atomic mass is 10.0. The van der Waals surface area contributed by atoms with Crippen LogP contribution in [0.3, 0.4) is 0 Å². The Labute approximate surface area is 138 Å². The molecule has 0 N–H and O–H groups in total. The predicted octanol–water partition coefficient (Wildman–Crippen LogP) is 2.07. The van der Waals surface area contributed by atoms with Crippen molar-refractivity contribution in [3.63, 3.8) is 0 Å². The highest BCUT2D eigenvalue weighted by Gasteiger charge is 2.30. The topological polar surface area (TPSA) is 58.4 Å². The number of aromatic nitrogens is 2. The Bertz CT molecular complexity index is 590. The van der Waals surface area contributed by atoms with Gasteiger partial charge in [0.2, 0.25) is 5.91 Å². The van der Waals surface area contributed by atoms with Crippen LogP contribution < -0.4 is 0 Å². The van der Waals surface area contributed by atoms with Crippen molar-refractivity contribution < 1.29 is 9.59 Å². The quantitative estimate of drug-likeness (QED) is 0.838. The number of rotatable bonds is 2. The summed E-state index contributed by atoms with van der Waals surface area (Å²) in [5, 5.41) is 4.47. The molecule has 2 rings (SSSR count). The fourth-order valence-electron chi connectivity index (χ4n) is 3.01. The third kappa shape index (κ3) is 3.57. The summed E-state index contributed by atoms with van der Waals surface area (Å²) in [5.74, 6) is 0.308. The molecule has 23 heavy (non-hydrogen) atoms. The van der Waals surface area contributed by atoms with Crippen LogP contribution in [0.5, 0.6) is 0 Å². The molecule has 6 heteroatoms. The second-order valence-corrected chi connectivity index (χ2v) is 7.48. The smallest absolute Gasteiger partial charge is 0.257 e. The van der Waals surface area contributed by atoms with Gasteiger partial charge in [0.25, 0.3) is 5.91 Å². The van der Waals surface area contributed by atoms with Gasteiger partial charge in [-0.05, 0) is 26.7 Å². The fourth-order valence-corrected chi connectivity index (χ4v) is 3.01. The van der Waals surface area contributed by atoms with Crippen molar-refractivity contribution >= 4 is 11.8 Å². The van der Waals surface area contributed by atoms with E-state index >= 15 is 0 Å². The van der Waals surface area contributed by atoms with E-state index in [-0.39, 0.29) is 23.3 Å². The summed E-state index contributed by atoms with van der Waals surface area (Å²) in [7, 11) is 0. The van der Waals surface area contributed by atoms with Gasteiger partial charge in [0.05, 0.1) is 23.0 Å². The van der Waals surface area contributed by atoms with Crippen molar-refractivity contribution in [1.82, 2.24) is 19.6 Å². The average Bonchev–Trinajstić information content (AvgIpc) is 2.91. The van der Waals surface area contributed by atoms with E-state index in [2.05, 4.69) is 39.7 Å². The first-order valence-electron chi connectivity index (χ1n) is 8.26. The lowest BCUT2D eigenvalue weighted by Gasteiger charge is -2.34. The van der Waals surface area contributed by atoms with Crippen LogP contribution in [0.1, 0.15) is 63.5 Å². The van der Waals surface area contributed by atoms with Crippen LogP contribution in [-0.2, 0) is 10.3 Å². The maximum Gasteiger partial charge on any atom is 0.257 e. The second kappa shape index (κ2) is 6.34. The fraction of sp³-hybridized carbons (Fsp3) is 0.706. The molecule has 1 aliphatic heterocycles. The van der Waals surface area contributed by atoms with Gasteiger partial charge < -0.3 is 9.80 Å². The molecule has 0 radical (unpaired) electrons. The first-order valence-corrected chi connectivity index (χ1v) is 8.26. The van der Waals surface area contributed by atoms with Gasteiger partial charge in [0, 0.05) is 33.1 Å². The highest BCUT2D eigenvalue weighted by Crippen LogP contribution is 2.26. The zero-order valence-corrected chi connectivity index (χ0v) is 15.1. The number of amides is 2. The van der Waals surface area contributed by atoms with Crippen LogP contribution in [0, 0.1) is 0 Å². The second-order valence-electron chi connectivity index (χ2n) is 7.48. The van der Waals surface area contributed by atoms with E-state index in [1.165, 1.54) is 0 Å². The molecule has 1 fully saturated rings. The van der Waals surface area contributed by atoms with Crippen molar-refractivity contribution in [2.24, 2.45) is 0 Å². The first kappa shape index (κ1) is 17.5. The molecule has 0 spiro atoms. The van der Waals surface area contributed by atoms with Gasteiger partial charge in [-0.25, -0.2) is 0 Å². The molecule has 2 heterocycles. The molecule has 2 amide bonds. The molecule has 1 aromatic heterocycles. The van der Waals surface area contributed by atoms with Crippen LogP contribution in [0.2, 0.25) is 0 Å². The van der Waals surface area contributed by atoms with Gasteiger partial charge in [-0.2, -0.15) is 5.10 Å². The van der Waals surface area contributed by atoms with Gasteiger partial charge in [-0.15, -0.1) is 0 Å². The van der Waals surface area contributed by atoms with Crippen molar-refractivity contribution in [1.29, 1.82) is 0 Å². The zero-order valence-electron chi connectivity index (χ0n) is 15.1.